The van der Waals surface area contributed by atoms with Crippen LogP contribution in [0.1, 0.15) is 12.8 Å². The van der Waals surface area contributed by atoms with Crippen LogP contribution >= 0.6 is 0 Å². The maximum atomic E-state index is 12.1. The van der Waals surface area contributed by atoms with Gasteiger partial charge in [0.2, 0.25) is 12.7 Å². The lowest BCUT2D eigenvalue weighted by Crippen LogP contribution is -2.24. The van der Waals surface area contributed by atoms with Crippen molar-refractivity contribution in [3.8, 4) is 17.2 Å². The van der Waals surface area contributed by atoms with Crippen molar-refractivity contribution in [3.63, 3.8) is 0 Å². The Bertz CT molecular complexity index is 852. The number of rotatable bonds is 5. The number of benzene rings is 2. The fourth-order valence-electron chi connectivity index (χ4n) is 2.99. The molecule has 134 valence electrons. The average molecular weight is 354 g/mol. The molecule has 0 aromatic heterocycles. The van der Waals surface area contributed by atoms with E-state index >= 15 is 0 Å². The zero-order valence-electron chi connectivity index (χ0n) is 14.1. The van der Waals surface area contributed by atoms with E-state index in [2.05, 4.69) is 5.32 Å². The number of anilines is 2. The number of nitrogens with one attached hydrogen (secondary N) is 1. The van der Waals surface area contributed by atoms with E-state index in [0.29, 0.717) is 35.9 Å². The molecule has 0 spiro atoms. The Morgan fingerprint density at radius 2 is 2.04 bits per heavy atom. The van der Waals surface area contributed by atoms with Crippen molar-refractivity contribution in [2.24, 2.45) is 0 Å². The number of hydrogen-bond donors (Lipinski definition) is 1. The van der Waals surface area contributed by atoms with Gasteiger partial charge < -0.3 is 24.4 Å². The Kier molecular flexibility index (Phi) is 4.35. The first-order valence-corrected chi connectivity index (χ1v) is 8.42. The van der Waals surface area contributed by atoms with Gasteiger partial charge in [-0.25, -0.2) is 0 Å². The van der Waals surface area contributed by atoms with Gasteiger partial charge in [-0.05, 0) is 36.8 Å². The minimum absolute atomic E-state index is 0.111. The molecular weight excluding hydrogens is 336 g/mol. The quantitative estimate of drug-likeness (QED) is 0.893. The van der Waals surface area contributed by atoms with Gasteiger partial charge >= 0.3 is 0 Å². The van der Waals surface area contributed by atoms with Crippen molar-refractivity contribution < 1.29 is 23.8 Å². The van der Waals surface area contributed by atoms with Crippen LogP contribution in [0.4, 0.5) is 11.4 Å². The molecule has 0 saturated carbocycles. The van der Waals surface area contributed by atoms with Crippen LogP contribution in [0, 0.1) is 0 Å². The van der Waals surface area contributed by atoms with Gasteiger partial charge in [0.1, 0.15) is 5.75 Å². The molecular formula is C19H18N2O5. The van der Waals surface area contributed by atoms with Crippen molar-refractivity contribution in [2.75, 3.05) is 30.2 Å². The number of fused-ring (bicyclic) bond motifs is 1. The summed E-state index contributed by atoms with van der Waals surface area (Å²) in [7, 11) is 0. The van der Waals surface area contributed by atoms with E-state index in [-0.39, 0.29) is 25.2 Å². The van der Waals surface area contributed by atoms with E-state index in [1.807, 2.05) is 12.1 Å². The zero-order valence-corrected chi connectivity index (χ0v) is 14.1. The number of nitrogens with zero attached hydrogens (tertiary/aromatic N) is 1. The predicted octanol–water partition coefficient (Wildman–Crippen LogP) is 2.56. The fourth-order valence-corrected chi connectivity index (χ4v) is 2.99. The van der Waals surface area contributed by atoms with Crippen molar-refractivity contribution in [1.82, 2.24) is 0 Å². The standard InChI is InChI=1S/C19H18N2O5/c22-18(11-24-15-6-7-16-17(10-15)26-12-25-16)20-13-3-1-4-14(9-13)21-8-2-5-19(21)23/h1,3-4,6-7,9-10H,2,5,8,11-12H2,(H,20,22). The Morgan fingerprint density at radius 1 is 1.15 bits per heavy atom. The molecule has 1 fully saturated rings. The molecule has 2 heterocycles. The summed E-state index contributed by atoms with van der Waals surface area (Å²) >= 11 is 0. The average Bonchev–Trinajstić information content (AvgIpc) is 3.28. The Hall–Kier alpha value is -3.22. The molecule has 0 unspecified atom stereocenters. The molecule has 1 saturated heterocycles. The van der Waals surface area contributed by atoms with Crippen LogP contribution in [0.25, 0.3) is 0 Å². The molecule has 0 radical (unpaired) electrons. The Balaban J connectivity index is 1.35. The number of ether oxygens (including phenoxy) is 3. The number of carbonyl (C=O) groups is 2. The van der Waals surface area contributed by atoms with Crippen LogP contribution < -0.4 is 24.4 Å². The molecule has 0 atom stereocenters. The van der Waals surface area contributed by atoms with Crippen LogP contribution in [0.5, 0.6) is 17.2 Å². The second-order valence-electron chi connectivity index (χ2n) is 6.05. The lowest BCUT2D eigenvalue weighted by atomic mass is 10.2. The van der Waals surface area contributed by atoms with Crippen LogP contribution in [-0.2, 0) is 9.59 Å². The smallest absolute Gasteiger partial charge is 0.262 e. The third-order valence-corrected chi connectivity index (χ3v) is 4.23. The number of carbonyl (C=O) groups excluding carboxylic acids is 2. The molecule has 4 rings (SSSR count). The van der Waals surface area contributed by atoms with Crippen molar-refractivity contribution in [2.45, 2.75) is 12.8 Å². The number of hydrogen-bond acceptors (Lipinski definition) is 5. The molecule has 26 heavy (non-hydrogen) atoms. The lowest BCUT2D eigenvalue weighted by molar-refractivity contribution is -0.118. The SMILES string of the molecule is O=C(COc1ccc2c(c1)OCO2)Nc1cccc(N2CCCC2=O)c1. The summed E-state index contributed by atoms with van der Waals surface area (Å²) < 4.78 is 16.0. The molecule has 2 aromatic rings. The molecule has 0 aliphatic carbocycles. The summed E-state index contributed by atoms with van der Waals surface area (Å²) in [6.45, 7) is 0.769. The van der Waals surface area contributed by atoms with E-state index in [1.54, 1.807) is 35.2 Å². The predicted molar refractivity (Wildman–Crippen MR) is 94.7 cm³/mol. The summed E-state index contributed by atoms with van der Waals surface area (Å²) in [5.74, 6) is 1.62. The summed E-state index contributed by atoms with van der Waals surface area (Å²) in [4.78, 5) is 25.7. The first kappa shape index (κ1) is 16.3. The van der Waals surface area contributed by atoms with Gasteiger partial charge in [-0.3, -0.25) is 9.59 Å². The van der Waals surface area contributed by atoms with Gasteiger partial charge in [0.05, 0.1) is 0 Å². The van der Waals surface area contributed by atoms with E-state index in [1.165, 1.54) is 0 Å². The van der Waals surface area contributed by atoms with Gasteiger partial charge in [0.15, 0.2) is 18.1 Å². The van der Waals surface area contributed by atoms with Crippen molar-refractivity contribution in [3.05, 3.63) is 42.5 Å². The summed E-state index contributed by atoms with van der Waals surface area (Å²) in [5.41, 5.74) is 1.42. The van der Waals surface area contributed by atoms with Crippen LogP contribution in [0.15, 0.2) is 42.5 Å². The maximum absolute atomic E-state index is 12.1. The van der Waals surface area contributed by atoms with E-state index in [0.717, 1.165) is 12.1 Å². The summed E-state index contributed by atoms with van der Waals surface area (Å²) in [6.07, 6.45) is 1.43. The first-order valence-electron chi connectivity index (χ1n) is 8.42. The van der Waals surface area contributed by atoms with E-state index < -0.39 is 0 Å². The van der Waals surface area contributed by atoms with Gasteiger partial charge in [0, 0.05) is 30.4 Å². The highest BCUT2D eigenvalue weighted by atomic mass is 16.7. The van der Waals surface area contributed by atoms with Crippen LogP contribution in [0.3, 0.4) is 0 Å². The highest BCUT2D eigenvalue weighted by molar-refractivity contribution is 5.97. The largest absolute Gasteiger partial charge is 0.484 e. The fraction of sp³-hybridized carbons (Fsp3) is 0.263. The monoisotopic (exact) mass is 354 g/mol. The molecule has 1 N–H and O–H groups in total. The van der Waals surface area contributed by atoms with Gasteiger partial charge in [-0.2, -0.15) is 0 Å². The second kappa shape index (κ2) is 6.95. The second-order valence-corrected chi connectivity index (χ2v) is 6.05. The van der Waals surface area contributed by atoms with E-state index in [9.17, 15) is 9.59 Å². The molecule has 2 aliphatic heterocycles. The normalized spacial score (nSPS) is 15.2. The minimum atomic E-state index is -0.285. The molecule has 0 bridgehead atoms. The molecule has 2 aromatic carbocycles. The van der Waals surface area contributed by atoms with Crippen molar-refractivity contribution in [1.29, 1.82) is 0 Å². The first-order chi connectivity index (χ1) is 12.7. The maximum Gasteiger partial charge on any atom is 0.262 e. The van der Waals surface area contributed by atoms with Crippen LogP contribution in [-0.4, -0.2) is 31.8 Å². The zero-order chi connectivity index (χ0) is 17.9. The Morgan fingerprint density at radius 3 is 2.88 bits per heavy atom. The van der Waals surface area contributed by atoms with Gasteiger partial charge in [-0.1, -0.05) is 6.07 Å². The molecule has 7 heteroatoms. The molecule has 2 aliphatic rings. The van der Waals surface area contributed by atoms with Crippen molar-refractivity contribution >= 4 is 23.2 Å². The topological polar surface area (TPSA) is 77.1 Å². The number of amides is 2. The van der Waals surface area contributed by atoms with Gasteiger partial charge in [0.25, 0.3) is 5.91 Å². The third kappa shape index (κ3) is 3.42. The van der Waals surface area contributed by atoms with E-state index in [4.69, 9.17) is 14.2 Å². The highest BCUT2D eigenvalue weighted by Crippen LogP contribution is 2.35. The minimum Gasteiger partial charge on any atom is -0.484 e. The van der Waals surface area contributed by atoms with Gasteiger partial charge in [-0.15, -0.1) is 0 Å². The lowest BCUT2D eigenvalue weighted by Gasteiger charge is -2.16. The highest BCUT2D eigenvalue weighted by Gasteiger charge is 2.21. The Labute approximate surface area is 150 Å². The third-order valence-electron chi connectivity index (χ3n) is 4.23. The summed E-state index contributed by atoms with van der Waals surface area (Å²) in [6, 6.07) is 12.4. The summed E-state index contributed by atoms with van der Waals surface area (Å²) in [5, 5.41) is 2.79. The molecule has 2 amide bonds. The molecule has 7 nitrogen and oxygen atoms in total. The van der Waals surface area contributed by atoms with Crippen LogP contribution in [0.2, 0.25) is 0 Å².